The summed E-state index contributed by atoms with van der Waals surface area (Å²) in [5.74, 6) is -0.518. The Balaban J connectivity index is 1.63. The van der Waals surface area contributed by atoms with Crippen molar-refractivity contribution < 1.29 is 9.90 Å². The van der Waals surface area contributed by atoms with Gasteiger partial charge < -0.3 is 5.11 Å². The first kappa shape index (κ1) is 18.4. The molecule has 0 aliphatic heterocycles. The average Bonchev–Trinajstić information content (AvgIpc) is 2.77. The van der Waals surface area contributed by atoms with E-state index in [-0.39, 0.29) is 11.3 Å². The van der Waals surface area contributed by atoms with E-state index >= 15 is 0 Å². The fraction of sp³-hybridized carbons (Fsp3) is 0.0400. The summed E-state index contributed by atoms with van der Waals surface area (Å²) < 4.78 is 0. The maximum absolute atomic E-state index is 12.7. The molecule has 4 nitrogen and oxygen atoms in total. The molecule has 0 aromatic heterocycles. The summed E-state index contributed by atoms with van der Waals surface area (Å²) in [5.41, 5.74) is 5.57. The van der Waals surface area contributed by atoms with Gasteiger partial charge >= 0.3 is 0 Å². The Morgan fingerprint density at radius 2 is 1.38 bits per heavy atom. The Bertz CT molecular complexity index is 1170. The van der Waals surface area contributed by atoms with Crippen LogP contribution < -0.4 is 5.43 Å². The molecular weight excluding hydrogens is 360 g/mol. The first-order valence-corrected chi connectivity index (χ1v) is 9.39. The summed E-state index contributed by atoms with van der Waals surface area (Å²) in [6.45, 7) is 0. The number of rotatable bonds is 5. The lowest BCUT2D eigenvalue weighted by atomic mass is 10.0. The fourth-order valence-electron chi connectivity index (χ4n) is 3.21. The van der Waals surface area contributed by atoms with E-state index in [1.807, 2.05) is 84.9 Å². The first-order chi connectivity index (χ1) is 14.2. The van der Waals surface area contributed by atoms with Gasteiger partial charge in [0.15, 0.2) is 0 Å². The van der Waals surface area contributed by atoms with Crippen molar-refractivity contribution in [2.24, 2.45) is 5.10 Å². The number of hydrogen-bond donors (Lipinski definition) is 2. The molecule has 4 aromatic carbocycles. The van der Waals surface area contributed by atoms with Gasteiger partial charge in [-0.2, -0.15) is 5.10 Å². The predicted octanol–water partition coefficient (Wildman–Crippen LogP) is 4.92. The summed E-state index contributed by atoms with van der Waals surface area (Å²) in [5, 5.41) is 16.4. The number of phenols is 1. The van der Waals surface area contributed by atoms with Crippen molar-refractivity contribution in [3.63, 3.8) is 0 Å². The number of carbonyl (C=O) groups excluding carboxylic acids is 1. The zero-order valence-electron chi connectivity index (χ0n) is 15.7. The largest absolute Gasteiger partial charge is 0.507 e. The fourth-order valence-corrected chi connectivity index (χ4v) is 3.21. The van der Waals surface area contributed by atoms with Crippen molar-refractivity contribution in [1.29, 1.82) is 0 Å². The van der Waals surface area contributed by atoms with Crippen molar-refractivity contribution in [3.8, 4) is 5.75 Å². The van der Waals surface area contributed by atoms with Crippen LogP contribution in [0.4, 0.5) is 0 Å². The number of carbonyl (C=O) groups is 1. The van der Waals surface area contributed by atoms with Gasteiger partial charge in [0, 0.05) is 6.42 Å². The first-order valence-electron chi connectivity index (χ1n) is 9.39. The molecule has 29 heavy (non-hydrogen) atoms. The second-order valence-electron chi connectivity index (χ2n) is 6.74. The smallest absolute Gasteiger partial charge is 0.275 e. The van der Waals surface area contributed by atoms with Crippen LogP contribution in [-0.4, -0.2) is 16.7 Å². The van der Waals surface area contributed by atoms with Crippen LogP contribution in [0.2, 0.25) is 0 Å². The molecule has 0 fully saturated rings. The topological polar surface area (TPSA) is 61.7 Å². The lowest BCUT2D eigenvalue weighted by molar-refractivity contribution is 0.0952. The molecule has 2 N–H and O–H groups in total. The van der Waals surface area contributed by atoms with Crippen molar-refractivity contribution in [2.45, 2.75) is 6.42 Å². The molecule has 0 spiro atoms. The highest BCUT2D eigenvalue weighted by molar-refractivity contribution is 6.05. The number of fused-ring (bicyclic) bond motifs is 1. The van der Waals surface area contributed by atoms with E-state index in [0.29, 0.717) is 6.42 Å². The Morgan fingerprint density at radius 1 is 0.793 bits per heavy atom. The Labute approximate surface area is 169 Å². The molecule has 0 aliphatic rings. The average molecular weight is 380 g/mol. The molecule has 4 heteroatoms. The van der Waals surface area contributed by atoms with Crippen LogP contribution >= 0.6 is 0 Å². The minimum atomic E-state index is -0.449. The summed E-state index contributed by atoms with van der Waals surface area (Å²) in [6, 6.07) is 30.5. The minimum Gasteiger partial charge on any atom is -0.507 e. The highest BCUT2D eigenvalue weighted by Gasteiger charge is 2.13. The summed E-state index contributed by atoms with van der Waals surface area (Å²) >= 11 is 0. The van der Waals surface area contributed by atoms with Gasteiger partial charge in [0.2, 0.25) is 0 Å². The van der Waals surface area contributed by atoms with E-state index in [1.54, 1.807) is 12.1 Å². The molecule has 0 atom stereocenters. The number of nitrogens with zero attached hydrogens (tertiary/aromatic N) is 1. The number of amides is 1. The van der Waals surface area contributed by atoms with E-state index in [4.69, 9.17) is 0 Å². The van der Waals surface area contributed by atoms with E-state index in [2.05, 4.69) is 10.5 Å². The zero-order chi connectivity index (χ0) is 20.1. The summed E-state index contributed by atoms with van der Waals surface area (Å²) in [7, 11) is 0. The van der Waals surface area contributed by atoms with Gasteiger partial charge in [0.1, 0.15) is 5.75 Å². The standard InChI is InChI=1S/C25H20N2O2/c28-24-17-21-14-8-7-13-20(21)16-22(24)25(29)27-26-23(19-11-5-2-6-12-19)15-18-9-3-1-4-10-18/h1-14,16-17,28H,15H2,(H,27,29)/b26-23-. The molecule has 1 amide bonds. The van der Waals surface area contributed by atoms with Gasteiger partial charge in [-0.25, -0.2) is 5.43 Å². The second-order valence-corrected chi connectivity index (χ2v) is 6.74. The van der Waals surface area contributed by atoms with Crippen LogP contribution in [0.5, 0.6) is 5.75 Å². The molecule has 4 rings (SSSR count). The Kier molecular flexibility index (Phi) is 5.34. The van der Waals surface area contributed by atoms with Gasteiger partial charge in [-0.1, -0.05) is 84.9 Å². The monoisotopic (exact) mass is 380 g/mol. The third-order valence-corrected chi connectivity index (χ3v) is 4.72. The molecule has 0 bridgehead atoms. The van der Waals surface area contributed by atoms with Crippen LogP contribution in [0.15, 0.2) is 102 Å². The Morgan fingerprint density at radius 3 is 2.07 bits per heavy atom. The third kappa shape index (κ3) is 4.33. The number of hydrazone groups is 1. The highest BCUT2D eigenvalue weighted by atomic mass is 16.3. The van der Waals surface area contributed by atoms with Crippen LogP contribution in [0.3, 0.4) is 0 Å². The normalized spacial score (nSPS) is 11.4. The highest BCUT2D eigenvalue weighted by Crippen LogP contribution is 2.24. The molecule has 0 heterocycles. The van der Waals surface area contributed by atoms with E-state index in [0.717, 1.165) is 27.6 Å². The maximum Gasteiger partial charge on any atom is 0.275 e. The van der Waals surface area contributed by atoms with Gasteiger partial charge in [-0.3, -0.25) is 4.79 Å². The molecule has 0 unspecified atom stereocenters. The SMILES string of the molecule is O=C(N/N=C(/Cc1ccccc1)c1ccccc1)c1cc2ccccc2cc1O. The summed E-state index contributed by atoms with van der Waals surface area (Å²) in [6.07, 6.45) is 0.578. The van der Waals surface area contributed by atoms with Crippen LogP contribution in [0.25, 0.3) is 10.8 Å². The van der Waals surface area contributed by atoms with Gasteiger partial charge in [-0.15, -0.1) is 0 Å². The van der Waals surface area contributed by atoms with Crippen LogP contribution in [-0.2, 0) is 6.42 Å². The number of phenolic OH excluding ortho intramolecular Hbond substituents is 1. The maximum atomic E-state index is 12.7. The zero-order valence-corrected chi connectivity index (χ0v) is 15.7. The summed E-state index contributed by atoms with van der Waals surface area (Å²) in [4.78, 5) is 12.7. The van der Waals surface area contributed by atoms with E-state index < -0.39 is 5.91 Å². The molecule has 0 aliphatic carbocycles. The molecule has 0 saturated heterocycles. The van der Waals surface area contributed by atoms with Gasteiger partial charge in [0.25, 0.3) is 5.91 Å². The van der Waals surface area contributed by atoms with Gasteiger partial charge in [-0.05, 0) is 34.0 Å². The van der Waals surface area contributed by atoms with Crippen molar-refractivity contribution in [2.75, 3.05) is 0 Å². The van der Waals surface area contributed by atoms with Crippen molar-refractivity contribution >= 4 is 22.4 Å². The van der Waals surface area contributed by atoms with Crippen LogP contribution in [0.1, 0.15) is 21.5 Å². The molecule has 0 saturated carbocycles. The van der Waals surface area contributed by atoms with Crippen LogP contribution in [0, 0.1) is 0 Å². The quantitative estimate of drug-likeness (QED) is 0.381. The lowest BCUT2D eigenvalue weighted by Gasteiger charge is -2.09. The number of aromatic hydroxyl groups is 1. The molecule has 142 valence electrons. The predicted molar refractivity (Wildman–Crippen MR) is 116 cm³/mol. The van der Waals surface area contributed by atoms with E-state index in [1.165, 1.54) is 0 Å². The van der Waals surface area contributed by atoms with Crippen molar-refractivity contribution in [1.82, 2.24) is 5.43 Å². The van der Waals surface area contributed by atoms with Crippen molar-refractivity contribution in [3.05, 3.63) is 114 Å². The van der Waals surface area contributed by atoms with Gasteiger partial charge in [0.05, 0.1) is 11.3 Å². The molecule has 4 aromatic rings. The molecule has 0 radical (unpaired) electrons. The molecular formula is C25H20N2O2. The van der Waals surface area contributed by atoms with E-state index in [9.17, 15) is 9.90 Å². The minimum absolute atomic E-state index is 0.0688. The number of nitrogens with one attached hydrogen (secondary N) is 1. The Hall–Kier alpha value is -3.92. The third-order valence-electron chi connectivity index (χ3n) is 4.72. The number of hydrogen-bond acceptors (Lipinski definition) is 3. The second kappa shape index (κ2) is 8.40. The lowest BCUT2D eigenvalue weighted by Crippen LogP contribution is -2.21. The number of benzene rings is 4.